The van der Waals surface area contributed by atoms with Crippen molar-refractivity contribution in [2.45, 2.75) is 25.5 Å². The van der Waals surface area contributed by atoms with Gasteiger partial charge in [-0.1, -0.05) is 90.5 Å². The lowest BCUT2D eigenvalue weighted by Crippen LogP contribution is -2.29. The molecule has 0 N–H and O–H groups in total. The average Bonchev–Trinajstić information content (AvgIpc) is 3.03. The molecule has 0 fully saturated rings. The average molecular weight is 696 g/mol. The molecule has 0 aliphatic rings. The maximum Gasteiger partial charge on any atom is 0.416 e. The van der Waals surface area contributed by atoms with E-state index in [1.54, 1.807) is 31.2 Å². The molecule has 0 bridgehead atoms. The first-order valence-electron chi connectivity index (χ1n) is 13.8. The molecule has 0 amide bonds. The van der Waals surface area contributed by atoms with E-state index >= 15 is 0 Å². The van der Waals surface area contributed by atoms with Crippen molar-refractivity contribution in [1.29, 1.82) is 0 Å². The Morgan fingerprint density at radius 1 is 0.340 bits per heavy atom. The highest BCUT2D eigenvalue weighted by Crippen LogP contribution is 2.46. The third kappa shape index (κ3) is 6.69. The van der Waals surface area contributed by atoms with Crippen molar-refractivity contribution in [3.8, 4) is 0 Å². The van der Waals surface area contributed by atoms with Crippen molar-refractivity contribution < 1.29 is 48.6 Å². The summed E-state index contributed by atoms with van der Waals surface area (Å²) in [5, 5.41) is 0.352. The maximum absolute atomic E-state index is 14.9. The van der Waals surface area contributed by atoms with E-state index in [4.69, 9.17) is 0 Å². The van der Waals surface area contributed by atoms with Gasteiger partial charge < -0.3 is 9.13 Å². The third-order valence-electron chi connectivity index (χ3n) is 7.65. The van der Waals surface area contributed by atoms with Crippen LogP contribution < -0.4 is 31.8 Å². The molecule has 0 aromatic heterocycles. The molecule has 2 nitrogen and oxygen atoms in total. The number of aryl methyl sites for hydroxylation is 1. The van der Waals surface area contributed by atoms with Crippen molar-refractivity contribution in [2.24, 2.45) is 0 Å². The molecule has 1 unspecified atom stereocenters. The molecule has 1 atom stereocenters. The number of hydrogen-bond acceptors (Lipinski definition) is 2. The normalized spacial score (nSPS) is 14.1. The van der Waals surface area contributed by atoms with Gasteiger partial charge in [-0.3, -0.25) is 0 Å². The topological polar surface area (TPSA) is 34.1 Å². The molecule has 5 aromatic carbocycles. The lowest BCUT2D eigenvalue weighted by Gasteiger charge is -2.24. The van der Waals surface area contributed by atoms with E-state index in [0.29, 0.717) is 5.30 Å². The number of halogens is 9. The molecule has 5 rings (SSSR count). The van der Waals surface area contributed by atoms with E-state index in [-0.39, 0.29) is 26.5 Å². The van der Waals surface area contributed by atoms with Crippen molar-refractivity contribution >= 4 is 46.1 Å². The van der Waals surface area contributed by atoms with E-state index in [9.17, 15) is 48.6 Å². The van der Waals surface area contributed by atoms with Crippen LogP contribution in [0, 0.1) is 6.92 Å². The van der Waals surface area contributed by atoms with Gasteiger partial charge in [-0.15, -0.1) is 0 Å². The van der Waals surface area contributed by atoms with Gasteiger partial charge in [0.05, 0.1) is 16.7 Å². The second-order valence-corrected chi connectivity index (χ2v) is 16.2. The summed E-state index contributed by atoms with van der Waals surface area (Å²) in [4.78, 5) is 0. The maximum atomic E-state index is 14.9. The second kappa shape index (κ2) is 12.2. The molecule has 0 saturated carbocycles. The summed E-state index contributed by atoms with van der Waals surface area (Å²) >= 11 is 0. The van der Waals surface area contributed by atoms with Gasteiger partial charge in [-0.05, 0) is 43.3 Å². The van der Waals surface area contributed by atoms with Crippen LogP contribution in [0.4, 0.5) is 39.5 Å². The van der Waals surface area contributed by atoms with Crippen LogP contribution in [0.1, 0.15) is 22.3 Å². The number of benzene rings is 5. The van der Waals surface area contributed by atoms with Gasteiger partial charge in [0, 0.05) is 31.8 Å². The van der Waals surface area contributed by atoms with Crippen molar-refractivity contribution in [3.05, 3.63) is 144 Å². The van der Waals surface area contributed by atoms with E-state index in [0.717, 1.165) is 78.4 Å². The smallest absolute Gasteiger partial charge is 0.309 e. The molecule has 47 heavy (non-hydrogen) atoms. The van der Waals surface area contributed by atoms with Crippen molar-refractivity contribution in [3.63, 3.8) is 0 Å². The van der Waals surface area contributed by atoms with Crippen LogP contribution in [-0.2, 0) is 27.7 Å². The zero-order chi connectivity index (χ0) is 34.4. The number of rotatable bonds is 6. The van der Waals surface area contributed by atoms with E-state index in [1.165, 1.54) is 24.3 Å². The summed E-state index contributed by atoms with van der Waals surface area (Å²) in [5.41, 5.74) is -2.16. The minimum atomic E-state index is -4.70. The standard InChI is InChI=1S/C34H23F9O2P2/c1-22-2-10-26(11-3-22)46(44,27-12-4-23(5-13-27)32(35,36)37)30-18-20-31(21-19-30)47(45,28-14-6-24(7-15-28)33(38,39)40)29-16-8-25(9-17-29)34(41,42)43/h2-21H,1H3. The molecule has 0 saturated heterocycles. The predicted octanol–water partition coefficient (Wildman–Crippen LogP) is 8.33. The Bertz CT molecular complexity index is 1900. The van der Waals surface area contributed by atoms with Gasteiger partial charge in [-0.25, -0.2) is 0 Å². The third-order valence-corrected chi connectivity index (χ3v) is 13.8. The molecule has 0 spiro atoms. The van der Waals surface area contributed by atoms with Gasteiger partial charge in [-0.2, -0.15) is 39.5 Å². The first kappa shape index (κ1) is 34.3. The fourth-order valence-corrected chi connectivity index (χ4v) is 10.3. The molecule has 0 aliphatic heterocycles. The van der Waals surface area contributed by atoms with E-state index < -0.39 is 49.5 Å². The zero-order valence-electron chi connectivity index (χ0n) is 24.2. The van der Waals surface area contributed by atoms with Crippen molar-refractivity contribution in [1.82, 2.24) is 0 Å². The van der Waals surface area contributed by atoms with Crippen LogP contribution in [0.5, 0.6) is 0 Å². The monoisotopic (exact) mass is 696 g/mol. The second-order valence-electron chi connectivity index (χ2n) is 10.7. The van der Waals surface area contributed by atoms with Crippen LogP contribution in [0.25, 0.3) is 0 Å². The van der Waals surface area contributed by atoms with Gasteiger partial charge in [0.15, 0.2) is 14.3 Å². The first-order valence-corrected chi connectivity index (χ1v) is 17.2. The summed E-state index contributed by atoms with van der Waals surface area (Å²) in [6, 6.07) is 22.6. The van der Waals surface area contributed by atoms with Crippen LogP contribution in [0.3, 0.4) is 0 Å². The number of alkyl halides is 9. The fraction of sp³-hybridized carbons (Fsp3) is 0.118. The highest BCUT2D eigenvalue weighted by Gasteiger charge is 2.37. The molecule has 0 aliphatic carbocycles. The highest BCUT2D eigenvalue weighted by atomic mass is 31.2. The Balaban J connectivity index is 1.67. The van der Waals surface area contributed by atoms with Crippen molar-refractivity contribution in [2.75, 3.05) is 0 Å². The quantitative estimate of drug-likeness (QED) is 0.132. The molecular formula is C34H23F9O2P2. The summed E-state index contributed by atoms with van der Waals surface area (Å²) in [5.74, 6) is 0. The largest absolute Gasteiger partial charge is 0.416 e. The Kier molecular flexibility index (Phi) is 8.88. The summed E-state index contributed by atoms with van der Waals surface area (Å²) < 4.78 is 149. The van der Waals surface area contributed by atoms with Gasteiger partial charge in [0.25, 0.3) is 0 Å². The fourth-order valence-electron chi connectivity index (χ4n) is 5.10. The van der Waals surface area contributed by atoms with E-state index in [1.807, 2.05) is 0 Å². The lowest BCUT2D eigenvalue weighted by molar-refractivity contribution is -0.138. The van der Waals surface area contributed by atoms with Crippen LogP contribution >= 0.6 is 14.3 Å². The minimum absolute atomic E-state index is 0.0173. The molecule has 0 heterocycles. The molecule has 13 heteroatoms. The van der Waals surface area contributed by atoms with Crippen LogP contribution in [0.2, 0.25) is 0 Å². The Labute approximate surface area is 263 Å². The van der Waals surface area contributed by atoms with Crippen LogP contribution in [-0.4, -0.2) is 0 Å². The van der Waals surface area contributed by atoms with Gasteiger partial charge in [0.2, 0.25) is 0 Å². The SMILES string of the molecule is Cc1ccc(P(=O)(c2ccc(C(F)(F)F)cc2)c2ccc(P(=O)(c3ccc(C(F)(F)F)cc3)c3ccc(C(F)(F)F)cc3)cc2)cc1. The summed E-state index contributed by atoms with van der Waals surface area (Å²) in [7, 11) is -7.96. The first-order chi connectivity index (χ1) is 21.8. The lowest BCUT2D eigenvalue weighted by atomic mass is 10.2. The zero-order valence-corrected chi connectivity index (χ0v) is 25.9. The van der Waals surface area contributed by atoms with Crippen LogP contribution in [0.15, 0.2) is 121 Å². The Morgan fingerprint density at radius 2 is 0.511 bits per heavy atom. The van der Waals surface area contributed by atoms with Gasteiger partial charge in [0.1, 0.15) is 0 Å². The highest BCUT2D eigenvalue weighted by molar-refractivity contribution is 7.86. The number of hydrogen-bond donors (Lipinski definition) is 0. The Hall–Kier alpha value is -4.07. The summed E-state index contributed by atoms with van der Waals surface area (Å²) in [6.07, 6.45) is -14.0. The molecule has 0 radical (unpaired) electrons. The predicted molar refractivity (Wildman–Crippen MR) is 165 cm³/mol. The molecule has 244 valence electrons. The Morgan fingerprint density at radius 3 is 0.702 bits per heavy atom. The molecule has 5 aromatic rings. The van der Waals surface area contributed by atoms with Gasteiger partial charge >= 0.3 is 18.5 Å². The molecular weight excluding hydrogens is 673 g/mol. The minimum Gasteiger partial charge on any atom is -0.309 e. The summed E-state index contributed by atoms with van der Waals surface area (Å²) in [6.45, 7) is 1.79. The van der Waals surface area contributed by atoms with E-state index in [2.05, 4.69) is 0 Å².